The number of carbonyl (C=O) groups excluding carboxylic acids is 2. The maximum atomic E-state index is 14.9. The molecule has 2 aromatic carbocycles. The molecule has 1 aliphatic rings. The number of carboxylic acids is 1. The molecule has 5 N–H and O–H groups in total. The molecule has 3 aromatic rings. The van der Waals surface area contributed by atoms with E-state index in [4.69, 9.17) is 20.9 Å². The van der Waals surface area contributed by atoms with Crippen LogP contribution in [0.4, 0.5) is 8.78 Å². The number of carbonyl (C=O) groups is 3. The molecule has 0 radical (unpaired) electrons. The van der Waals surface area contributed by atoms with Crippen LogP contribution in [-0.4, -0.2) is 52.0 Å². The smallest absolute Gasteiger partial charge is 0.344 e. The van der Waals surface area contributed by atoms with Gasteiger partial charge in [-0.1, -0.05) is 32.0 Å². The van der Waals surface area contributed by atoms with Crippen molar-refractivity contribution in [1.29, 1.82) is 0 Å². The molecule has 1 unspecified atom stereocenters. The number of rotatable bonds is 11. The molecule has 1 atom stereocenters. The molecule has 10 nitrogen and oxygen atoms in total. The van der Waals surface area contributed by atoms with Crippen molar-refractivity contribution in [3.8, 4) is 28.6 Å². The number of pyridine rings is 1. The summed E-state index contributed by atoms with van der Waals surface area (Å²) >= 11 is 0. The van der Waals surface area contributed by atoms with Gasteiger partial charge in [-0.2, -0.15) is 4.98 Å². The van der Waals surface area contributed by atoms with E-state index >= 15 is 0 Å². The Bertz CT molecular complexity index is 1510. The molecular formula is C31H34F2N4O6. The van der Waals surface area contributed by atoms with Crippen LogP contribution in [0.1, 0.15) is 49.0 Å². The average molecular weight is 597 g/mol. The minimum atomic E-state index is -1.42. The standard InChI is InChI=1S/C31H34F2N4O6/c1-17(2)10-26(31(40)41)43-29-25(33)15-24(32)28(36-29)42-23-13-21(20-5-3-4-18(11-20)16-34)12-22(14-23)30(39)37-8-6-19(7-9-37)27(35)38/h3-5,11-15,17,19,26H,6-10,16,34H2,1-2H3,(H2,35,38)(H,40,41). The summed E-state index contributed by atoms with van der Waals surface area (Å²) < 4.78 is 40.5. The van der Waals surface area contributed by atoms with Gasteiger partial charge in [-0.05, 0) is 66.1 Å². The van der Waals surface area contributed by atoms with Gasteiger partial charge in [0.1, 0.15) is 5.75 Å². The number of hydrogen-bond donors (Lipinski definition) is 3. The molecule has 0 saturated carbocycles. The lowest BCUT2D eigenvalue weighted by molar-refractivity contribution is -0.146. The molecule has 0 aliphatic carbocycles. The molecule has 0 spiro atoms. The second-order valence-electron chi connectivity index (χ2n) is 10.9. The quantitative estimate of drug-likeness (QED) is 0.292. The van der Waals surface area contributed by atoms with E-state index in [1.165, 1.54) is 6.07 Å². The summed E-state index contributed by atoms with van der Waals surface area (Å²) in [6, 6.07) is 12.4. The SMILES string of the molecule is CC(C)CC(Oc1nc(Oc2cc(C(=O)N3CCC(C(N)=O)CC3)cc(-c3cccc(CN)c3)c2)c(F)cc1F)C(=O)O. The topological polar surface area (TPSA) is 158 Å². The number of benzene rings is 2. The number of amides is 2. The number of nitrogens with zero attached hydrogens (tertiary/aromatic N) is 2. The van der Waals surface area contributed by atoms with Crippen LogP contribution in [0, 0.1) is 23.5 Å². The molecule has 1 aliphatic heterocycles. The van der Waals surface area contributed by atoms with E-state index in [1.807, 2.05) is 24.3 Å². The van der Waals surface area contributed by atoms with E-state index in [0.717, 1.165) is 5.56 Å². The molecule has 43 heavy (non-hydrogen) atoms. The molecule has 4 rings (SSSR count). The molecule has 0 bridgehead atoms. The Morgan fingerprint density at radius 2 is 1.72 bits per heavy atom. The molecule has 1 saturated heterocycles. The van der Waals surface area contributed by atoms with E-state index < -0.39 is 41.4 Å². The third-order valence-electron chi connectivity index (χ3n) is 7.13. The Balaban J connectivity index is 1.70. The molecular weight excluding hydrogens is 562 g/mol. The molecule has 12 heteroatoms. The summed E-state index contributed by atoms with van der Waals surface area (Å²) in [5, 5.41) is 9.49. The van der Waals surface area contributed by atoms with Crippen molar-refractivity contribution in [3.05, 3.63) is 71.3 Å². The number of nitrogens with two attached hydrogens (primary N) is 2. The third-order valence-corrected chi connectivity index (χ3v) is 7.13. The Kier molecular flexibility index (Phi) is 9.92. The zero-order valence-electron chi connectivity index (χ0n) is 23.9. The number of primary amides is 1. The highest BCUT2D eigenvalue weighted by Gasteiger charge is 2.28. The molecule has 2 amide bonds. The van der Waals surface area contributed by atoms with Gasteiger partial charge in [0, 0.05) is 37.2 Å². The number of aliphatic carboxylic acids is 1. The summed E-state index contributed by atoms with van der Waals surface area (Å²) in [7, 11) is 0. The fourth-order valence-electron chi connectivity index (χ4n) is 4.84. The molecule has 228 valence electrons. The fraction of sp³-hybridized carbons (Fsp3) is 0.355. The number of halogens is 2. The number of piperidine rings is 1. The van der Waals surface area contributed by atoms with Crippen LogP contribution >= 0.6 is 0 Å². The summed E-state index contributed by atoms with van der Waals surface area (Å²) in [6.45, 7) is 4.48. The van der Waals surface area contributed by atoms with Gasteiger partial charge in [-0.3, -0.25) is 9.59 Å². The average Bonchev–Trinajstić information content (AvgIpc) is 2.98. The van der Waals surface area contributed by atoms with Crippen LogP contribution in [-0.2, 0) is 16.1 Å². The zero-order chi connectivity index (χ0) is 31.3. The van der Waals surface area contributed by atoms with E-state index in [0.29, 0.717) is 43.1 Å². The van der Waals surface area contributed by atoms with Crippen molar-refractivity contribution >= 4 is 17.8 Å². The van der Waals surface area contributed by atoms with Crippen molar-refractivity contribution < 1.29 is 37.7 Å². The van der Waals surface area contributed by atoms with Crippen LogP contribution < -0.4 is 20.9 Å². The lowest BCUT2D eigenvalue weighted by Crippen LogP contribution is -2.41. The number of likely N-dealkylation sites (tertiary alicyclic amines) is 1. The van der Waals surface area contributed by atoms with Crippen LogP contribution in [0.5, 0.6) is 17.5 Å². The van der Waals surface area contributed by atoms with Gasteiger partial charge < -0.3 is 30.9 Å². The molecule has 2 heterocycles. The van der Waals surface area contributed by atoms with Gasteiger partial charge >= 0.3 is 5.97 Å². The van der Waals surface area contributed by atoms with Crippen molar-refractivity contribution in [3.63, 3.8) is 0 Å². The van der Waals surface area contributed by atoms with Gasteiger partial charge in [0.25, 0.3) is 17.7 Å². The molecule has 1 fully saturated rings. The van der Waals surface area contributed by atoms with E-state index in [-0.39, 0.29) is 42.0 Å². The van der Waals surface area contributed by atoms with Gasteiger partial charge in [-0.15, -0.1) is 0 Å². The maximum absolute atomic E-state index is 14.9. The number of ether oxygens (including phenoxy) is 2. The highest BCUT2D eigenvalue weighted by molar-refractivity contribution is 5.96. The van der Waals surface area contributed by atoms with Crippen molar-refractivity contribution in [2.24, 2.45) is 23.3 Å². The summed E-state index contributed by atoms with van der Waals surface area (Å²) in [4.78, 5) is 42.2. The largest absolute Gasteiger partial charge is 0.479 e. The summed E-state index contributed by atoms with van der Waals surface area (Å²) in [5.74, 6) is -6.18. The van der Waals surface area contributed by atoms with E-state index in [9.17, 15) is 28.3 Å². The zero-order valence-corrected chi connectivity index (χ0v) is 23.9. The second-order valence-corrected chi connectivity index (χ2v) is 10.9. The predicted octanol–water partition coefficient (Wildman–Crippen LogP) is 4.49. The lowest BCUT2D eigenvalue weighted by Gasteiger charge is -2.30. The summed E-state index contributed by atoms with van der Waals surface area (Å²) in [6.07, 6.45) is -0.480. The van der Waals surface area contributed by atoms with Gasteiger partial charge in [0.15, 0.2) is 17.7 Å². The van der Waals surface area contributed by atoms with E-state index in [2.05, 4.69) is 4.98 Å². The van der Waals surface area contributed by atoms with E-state index in [1.54, 1.807) is 30.9 Å². The normalized spacial score (nSPS) is 14.4. The van der Waals surface area contributed by atoms with Crippen LogP contribution in [0.3, 0.4) is 0 Å². The second kappa shape index (κ2) is 13.6. The number of hydrogen-bond acceptors (Lipinski definition) is 7. The predicted molar refractivity (Wildman–Crippen MR) is 153 cm³/mol. The Labute approximate surface area is 247 Å². The Hall–Kier alpha value is -4.58. The van der Waals surface area contributed by atoms with Crippen LogP contribution in [0.2, 0.25) is 0 Å². The summed E-state index contributed by atoms with van der Waals surface area (Å²) in [5.41, 5.74) is 13.6. The fourth-order valence-corrected chi connectivity index (χ4v) is 4.84. The molecule has 1 aromatic heterocycles. The Morgan fingerprint density at radius 1 is 1.02 bits per heavy atom. The van der Waals surface area contributed by atoms with Crippen LogP contribution in [0.25, 0.3) is 11.1 Å². The maximum Gasteiger partial charge on any atom is 0.344 e. The monoisotopic (exact) mass is 596 g/mol. The Morgan fingerprint density at radius 3 is 2.35 bits per heavy atom. The van der Waals surface area contributed by atoms with Crippen LogP contribution in [0.15, 0.2) is 48.5 Å². The minimum Gasteiger partial charge on any atom is -0.479 e. The first-order chi connectivity index (χ1) is 20.4. The third kappa shape index (κ3) is 7.83. The van der Waals surface area contributed by atoms with Gasteiger partial charge in [-0.25, -0.2) is 13.6 Å². The lowest BCUT2D eigenvalue weighted by atomic mass is 9.95. The highest BCUT2D eigenvalue weighted by atomic mass is 19.1. The van der Waals surface area contributed by atoms with Gasteiger partial charge in [0.05, 0.1) is 0 Å². The van der Waals surface area contributed by atoms with Crippen molar-refractivity contribution in [2.75, 3.05) is 13.1 Å². The first-order valence-electron chi connectivity index (χ1n) is 13.9. The minimum absolute atomic E-state index is 0.0203. The first kappa shape index (κ1) is 31.4. The first-order valence-corrected chi connectivity index (χ1v) is 13.9. The number of carboxylic acid groups (broad SMARTS) is 1. The van der Waals surface area contributed by atoms with Crippen molar-refractivity contribution in [1.82, 2.24) is 9.88 Å². The van der Waals surface area contributed by atoms with Gasteiger partial charge in [0.2, 0.25) is 5.91 Å². The van der Waals surface area contributed by atoms with Crippen molar-refractivity contribution in [2.45, 2.75) is 45.8 Å². The number of aromatic nitrogens is 1. The highest BCUT2D eigenvalue weighted by Crippen LogP contribution is 2.33.